The molecule has 3 rings (SSSR count). The van der Waals surface area contributed by atoms with Crippen LogP contribution in [0.15, 0.2) is 24.3 Å². The molecular weight excluding hydrogens is 489 g/mol. The molecule has 35 heavy (non-hydrogen) atoms. The molecule has 1 aromatic rings. The van der Waals surface area contributed by atoms with E-state index in [9.17, 15) is 9.59 Å². The van der Waals surface area contributed by atoms with Gasteiger partial charge in [0.1, 0.15) is 11.4 Å². The summed E-state index contributed by atoms with van der Waals surface area (Å²) in [6.45, 7) is 14.6. The Morgan fingerprint density at radius 2 is 1.51 bits per heavy atom. The molecule has 7 nitrogen and oxygen atoms in total. The summed E-state index contributed by atoms with van der Waals surface area (Å²) in [5.41, 5.74) is 0.105. The summed E-state index contributed by atoms with van der Waals surface area (Å²) in [5.74, 6) is 0.775. The van der Waals surface area contributed by atoms with Crippen molar-refractivity contribution in [1.82, 2.24) is 14.7 Å². The lowest BCUT2D eigenvalue weighted by atomic mass is 10.1. The minimum atomic E-state index is -0.534. The molecule has 2 aliphatic heterocycles. The first-order chi connectivity index (χ1) is 15.6. The zero-order chi connectivity index (χ0) is 24.0. The third-order valence-corrected chi connectivity index (χ3v) is 6.24. The number of benzene rings is 1. The van der Waals surface area contributed by atoms with Crippen LogP contribution in [0.3, 0.4) is 0 Å². The molecule has 2 atom stereocenters. The van der Waals surface area contributed by atoms with E-state index in [2.05, 4.69) is 4.90 Å². The lowest BCUT2D eigenvalue weighted by Gasteiger charge is -2.44. The minimum Gasteiger partial charge on any atom is -0.494 e. The van der Waals surface area contributed by atoms with E-state index < -0.39 is 5.60 Å². The number of halogens is 2. The maximum Gasteiger partial charge on any atom is 0.410 e. The van der Waals surface area contributed by atoms with Crippen molar-refractivity contribution in [2.24, 2.45) is 0 Å². The number of ether oxygens (including phenoxy) is 2. The summed E-state index contributed by atoms with van der Waals surface area (Å²) in [6.07, 6.45) is 4.66. The number of piperidine rings is 1. The molecule has 2 heterocycles. The number of carbonyl (C=O) groups excluding carboxylic acids is 2. The lowest BCUT2D eigenvalue weighted by molar-refractivity contribution is -0.00488. The average Bonchev–Trinajstić information content (AvgIpc) is 2.76. The van der Waals surface area contributed by atoms with Crippen molar-refractivity contribution in [3.05, 3.63) is 29.8 Å². The molecule has 0 saturated carbocycles. The van der Waals surface area contributed by atoms with Gasteiger partial charge in [-0.3, -0.25) is 4.79 Å². The van der Waals surface area contributed by atoms with Crippen molar-refractivity contribution >= 4 is 36.8 Å². The van der Waals surface area contributed by atoms with Gasteiger partial charge < -0.3 is 24.2 Å². The highest BCUT2D eigenvalue weighted by atomic mass is 35.5. The third-order valence-electron chi connectivity index (χ3n) is 6.24. The van der Waals surface area contributed by atoms with Crippen LogP contribution in [0.25, 0.3) is 0 Å². The second-order valence-electron chi connectivity index (χ2n) is 10.4. The number of hydrogen-bond acceptors (Lipinski definition) is 5. The first-order valence-electron chi connectivity index (χ1n) is 12.4. The van der Waals surface area contributed by atoms with Gasteiger partial charge in [0.05, 0.1) is 6.61 Å². The normalized spacial score (nSPS) is 20.9. The molecule has 0 N–H and O–H groups in total. The molecule has 2 aliphatic rings. The fraction of sp³-hybridized carbons (Fsp3) is 0.692. The van der Waals surface area contributed by atoms with Crippen LogP contribution in [-0.2, 0) is 4.74 Å². The maximum absolute atomic E-state index is 13.2. The molecule has 200 valence electrons. The van der Waals surface area contributed by atoms with E-state index in [4.69, 9.17) is 9.47 Å². The topological polar surface area (TPSA) is 62.3 Å². The Balaban J connectivity index is 0.00000306. The smallest absolute Gasteiger partial charge is 0.410 e. The first kappa shape index (κ1) is 31.3. The summed E-state index contributed by atoms with van der Waals surface area (Å²) >= 11 is 0. The van der Waals surface area contributed by atoms with Crippen molar-refractivity contribution in [3.63, 3.8) is 0 Å². The van der Waals surface area contributed by atoms with Gasteiger partial charge in [-0.15, -0.1) is 24.8 Å². The van der Waals surface area contributed by atoms with Gasteiger partial charge in [0, 0.05) is 37.3 Å². The summed E-state index contributed by atoms with van der Waals surface area (Å²) in [6, 6.07) is 7.23. The van der Waals surface area contributed by atoms with Crippen molar-refractivity contribution in [2.75, 3.05) is 39.3 Å². The largest absolute Gasteiger partial charge is 0.494 e. The van der Waals surface area contributed by atoms with E-state index in [1.807, 2.05) is 63.8 Å². The van der Waals surface area contributed by atoms with E-state index in [1.54, 1.807) is 4.90 Å². The van der Waals surface area contributed by atoms with Crippen LogP contribution in [0.2, 0.25) is 0 Å². The van der Waals surface area contributed by atoms with Gasteiger partial charge in [-0.1, -0.05) is 6.42 Å². The van der Waals surface area contributed by atoms with E-state index in [-0.39, 0.29) is 48.9 Å². The van der Waals surface area contributed by atoms with Crippen molar-refractivity contribution in [3.8, 4) is 5.75 Å². The zero-order valence-corrected chi connectivity index (χ0v) is 23.5. The van der Waals surface area contributed by atoms with Crippen molar-refractivity contribution in [1.29, 1.82) is 0 Å². The molecule has 0 radical (unpaired) electrons. The van der Waals surface area contributed by atoms with Gasteiger partial charge in [-0.2, -0.15) is 0 Å². The van der Waals surface area contributed by atoms with E-state index >= 15 is 0 Å². The van der Waals surface area contributed by atoms with Crippen LogP contribution >= 0.6 is 24.8 Å². The molecule has 0 bridgehead atoms. The van der Waals surface area contributed by atoms with Gasteiger partial charge in [-0.25, -0.2) is 4.79 Å². The predicted molar refractivity (Wildman–Crippen MR) is 144 cm³/mol. The minimum absolute atomic E-state index is 0. The van der Waals surface area contributed by atoms with Gasteiger partial charge >= 0.3 is 6.09 Å². The van der Waals surface area contributed by atoms with Crippen LogP contribution in [0, 0.1) is 0 Å². The number of hydrogen-bond donors (Lipinski definition) is 0. The molecule has 2 unspecified atom stereocenters. The highest BCUT2D eigenvalue weighted by Crippen LogP contribution is 2.22. The summed E-state index contributed by atoms with van der Waals surface area (Å²) < 4.78 is 11.4. The van der Waals surface area contributed by atoms with E-state index in [0.717, 1.165) is 18.7 Å². The maximum atomic E-state index is 13.2. The number of nitrogens with zero attached hydrogens (tertiary/aromatic N) is 3. The molecule has 0 aromatic heterocycles. The van der Waals surface area contributed by atoms with Crippen LogP contribution in [0.5, 0.6) is 5.75 Å². The molecule has 2 amide bonds. The monoisotopic (exact) mass is 531 g/mol. The van der Waals surface area contributed by atoms with Gasteiger partial charge in [0.25, 0.3) is 5.91 Å². The molecule has 1 aromatic carbocycles. The highest BCUT2D eigenvalue weighted by molar-refractivity contribution is 5.95. The number of rotatable bonds is 6. The standard InChI is InChI=1S/C26H41N3O4.2ClH/c1-20-18-28(25(31)33-26(3,4)5)19-21(2)29(20)24(30)22-10-12-23(13-11-22)32-17-9-16-27-14-7-6-8-15-27;;/h10-13,20-21H,6-9,14-19H2,1-5H3;2*1H. The Morgan fingerprint density at radius 3 is 2.06 bits per heavy atom. The van der Waals surface area contributed by atoms with Crippen molar-refractivity contribution < 1.29 is 19.1 Å². The van der Waals surface area contributed by atoms with Gasteiger partial charge in [0.2, 0.25) is 0 Å². The molecule has 2 saturated heterocycles. The molecule has 0 spiro atoms. The number of amides is 2. The molecule has 0 aliphatic carbocycles. The average molecular weight is 533 g/mol. The Labute approximate surface area is 223 Å². The quantitative estimate of drug-likeness (QED) is 0.468. The van der Waals surface area contributed by atoms with E-state index in [0.29, 0.717) is 25.3 Å². The van der Waals surface area contributed by atoms with Crippen molar-refractivity contribution in [2.45, 2.75) is 78.0 Å². The second-order valence-corrected chi connectivity index (χ2v) is 10.4. The Kier molecular flexibility index (Phi) is 12.7. The van der Waals surface area contributed by atoms with Gasteiger partial charge in [0.15, 0.2) is 0 Å². The summed E-state index contributed by atoms with van der Waals surface area (Å²) in [4.78, 5) is 31.8. The summed E-state index contributed by atoms with van der Waals surface area (Å²) in [7, 11) is 0. The Morgan fingerprint density at radius 1 is 0.943 bits per heavy atom. The Hall–Kier alpha value is -1.70. The van der Waals surface area contributed by atoms with Crippen LogP contribution in [-0.4, -0.2) is 83.7 Å². The predicted octanol–water partition coefficient (Wildman–Crippen LogP) is 5.25. The molecule has 2 fully saturated rings. The SMILES string of the molecule is CC1CN(C(=O)OC(C)(C)C)CC(C)N1C(=O)c1ccc(OCCCN2CCCCC2)cc1.Cl.Cl. The highest BCUT2D eigenvalue weighted by Gasteiger charge is 2.36. The fourth-order valence-corrected chi connectivity index (χ4v) is 4.70. The van der Waals surface area contributed by atoms with Crippen LogP contribution < -0.4 is 4.74 Å². The third kappa shape index (κ3) is 9.36. The Bertz CT molecular complexity index is 783. The number of piperazine rings is 1. The molecule has 9 heteroatoms. The number of carbonyl (C=O) groups is 2. The summed E-state index contributed by atoms with van der Waals surface area (Å²) in [5, 5.41) is 0. The first-order valence-corrected chi connectivity index (χ1v) is 12.4. The molecular formula is C26H43Cl2N3O4. The van der Waals surface area contributed by atoms with E-state index in [1.165, 1.54) is 32.4 Å². The van der Waals surface area contributed by atoms with Gasteiger partial charge in [-0.05, 0) is 91.2 Å². The number of likely N-dealkylation sites (tertiary alicyclic amines) is 1. The van der Waals surface area contributed by atoms with Crippen LogP contribution in [0.1, 0.15) is 70.7 Å². The van der Waals surface area contributed by atoms with Crippen LogP contribution in [0.4, 0.5) is 4.79 Å². The second kappa shape index (κ2) is 14.1. The zero-order valence-electron chi connectivity index (χ0n) is 21.8. The lowest BCUT2D eigenvalue weighted by Crippen LogP contribution is -2.60. The fourth-order valence-electron chi connectivity index (χ4n) is 4.70.